The van der Waals surface area contributed by atoms with Crippen molar-refractivity contribution in [1.29, 1.82) is 0 Å². The number of hydrogen-bond donors (Lipinski definition) is 2. The molecule has 1 atom stereocenters. The molecule has 3 N–H and O–H groups in total. The van der Waals surface area contributed by atoms with Crippen LogP contribution in [0.4, 0.5) is 0 Å². The predicted molar refractivity (Wildman–Crippen MR) is 59.9 cm³/mol. The third-order valence-electron chi connectivity index (χ3n) is 1.98. The maximum atomic E-state index is 11.7. The average Bonchev–Trinajstić information content (AvgIpc) is 2.66. The van der Waals surface area contributed by atoms with E-state index in [1.54, 1.807) is 0 Å². The van der Waals surface area contributed by atoms with E-state index in [4.69, 9.17) is 5.73 Å². The molecule has 1 rings (SSSR count). The number of aryl methyl sites for hydroxylation is 1. The highest BCUT2D eigenvalue weighted by Gasteiger charge is 2.16. The van der Waals surface area contributed by atoms with Gasteiger partial charge in [-0.2, -0.15) is 0 Å². The Kier molecular flexibility index (Phi) is 4.64. The van der Waals surface area contributed by atoms with E-state index < -0.39 is 0 Å². The summed E-state index contributed by atoms with van der Waals surface area (Å²) >= 11 is 1.14. The molecule has 0 aliphatic rings. The van der Waals surface area contributed by atoms with Gasteiger partial charge in [0.15, 0.2) is 0 Å². The molecular formula is C9H16N4OS. The van der Waals surface area contributed by atoms with E-state index in [-0.39, 0.29) is 11.9 Å². The minimum absolute atomic E-state index is 0.0194. The number of hydrogen-bond acceptors (Lipinski definition) is 5. The van der Waals surface area contributed by atoms with Gasteiger partial charge in [0.05, 0.1) is 5.69 Å². The molecule has 5 nitrogen and oxygen atoms in total. The highest BCUT2D eigenvalue weighted by atomic mass is 32.1. The van der Waals surface area contributed by atoms with E-state index in [9.17, 15) is 4.79 Å². The molecule has 1 heterocycles. The Morgan fingerprint density at radius 2 is 2.40 bits per heavy atom. The molecule has 84 valence electrons. The van der Waals surface area contributed by atoms with Gasteiger partial charge in [0, 0.05) is 12.6 Å². The van der Waals surface area contributed by atoms with E-state index in [1.807, 2.05) is 13.8 Å². The first-order valence-corrected chi connectivity index (χ1v) is 5.78. The Hall–Kier alpha value is -1.01. The van der Waals surface area contributed by atoms with Crippen molar-refractivity contribution in [2.24, 2.45) is 5.73 Å². The van der Waals surface area contributed by atoms with Crippen LogP contribution in [-0.4, -0.2) is 28.1 Å². The van der Waals surface area contributed by atoms with Crippen LogP contribution in [0.2, 0.25) is 0 Å². The van der Waals surface area contributed by atoms with Crippen LogP contribution in [0, 0.1) is 0 Å². The average molecular weight is 228 g/mol. The number of aromatic nitrogens is 2. The second-order valence-corrected chi connectivity index (χ2v) is 4.16. The summed E-state index contributed by atoms with van der Waals surface area (Å²) in [5, 5.41) is 6.73. The molecule has 0 radical (unpaired) electrons. The van der Waals surface area contributed by atoms with Crippen molar-refractivity contribution >= 4 is 17.4 Å². The standard InChI is InChI=1S/C9H16N4OS/c1-3-4-7-8(15-13-12-7)9(14)11-6(2)5-10/h6H,3-5,10H2,1-2H3,(H,11,14). The Morgan fingerprint density at radius 1 is 1.67 bits per heavy atom. The molecule has 0 saturated carbocycles. The van der Waals surface area contributed by atoms with Gasteiger partial charge < -0.3 is 11.1 Å². The topological polar surface area (TPSA) is 80.9 Å². The SMILES string of the molecule is CCCc1nnsc1C(=O)NC(C)CN. The summed E-state index contributed by atoms with van der Waals surface area (Å²) in [4.78, 5) is 12.3. The van der Waals surface area contributed by atoms with Gasteiger partial charge in [-0.15, -0.1) is 5.10 Å². The molecule has 0 saturated heterocycles. The monoisotopic (exact) mass is 228 g/mol. The van der Waals surface area contributed by atoms with Gasteiger partial charge in [0.1, 0.15) is 4.88 Å². The summed E-state index contributed by atoms with van der Waals surface area (Å²) in [6.45, 7) is 4.34. The lowest BCUT2D eigenvalue weighted by Gasteiger charge is -2.10. The third-order valence-corrected chi connectivity index (χ3v) is 2.75. The van der Waals surface area contributed by atoms with Gasteiger partial charge in [-0.05, 0) is 24.9 Å². The van der Waals surface area contributed by atoms with Crippen molar-refractivity contribution in [2.75, 3.05) is 6.54 Å². The molecule has 0 fully saturated rings. The zero-order chi connectivity index (χ0) is 11.3. The molecule has 0 aliphatic carbocycles. The molecule has 1 aromatic rings. The quantitative estimate of drug-likeness (QED) is 0.772. The highest BCUT2D eigenvalue weighted by Crippen LogP contribution is 2.12. The van der Waals surface area contributed by atoms with Crippen LogP contribution >= 0.6 is 11.5 Å². The molecule has 1 aromatic heterocycles. The van der Waals surface area contributed by atoms with E-state index in [0.717, 1.165) is 30.1 Å². The van der Waals surface area contributed by atoms with Gasteiger partial charge in [0.2, 0.25) is 0 Å². The maximum absolute atomic E-state index is 11.7. The fraction of sp³-hybridized carbons (Fsp3) is 0.667. The van der Waals surface area contributed by atoms with Crippen molar-refractivity contribution in [3.05, 3.63) is 10.6 Å². The van der Waals surface area contributed by atoms with Crippen LogP contribution in [-0.2, 0) is 6.42 Å². The van der Waals surface area contributed by atoms with E-state index >= 15 is 0 Å². The fourth-order valence-corrected chi connectivity index (χ4v) is 1.74. The van der Waals surface area contributed by atoms with Crippen LogP contribution in [0.5, 0.6) is 0 Å². The van der Waals surface area contributed by atoms with E-state index in [0.29, 0.717) is 11.4 Å². The lowest BCUT2D eigenvalue weighted by molar-refractivity contribution is 0.0944. The molecule has 0 aromatic carbocycles. The fourth-order valence-electron chi connectivity index (χ4n) is 1.13. The third kappa shape index (κ3) is 3.24. The van der Waals surface area contributed by atoms with Crippen molar-refractivity contribution in [2.45, 2.75) is 32.7 Å². The molecule has 1 amide bonds. The second-order valence-electron chi connectivity index (χ2n) is 3.41. The number of carbonyl (C=O) groups is 1. The van der Waals surface area contributed by atoms with Gasteiger partial charge in [-0.1, -0.05) is 17.8 Å². The highest BCUT2D eigenvalue weighted by molar-refractivity contribution is 7.08. The molecule has 15 heavy (non-hydrogen) atoms. The van der Waals surface area contributed by atoms with Crippen molar-refractivity contribution in [3.8, 4) is 0 Å². The summed E-state index contributed by atoms with van der Waals surface area (Å²) in [5.41, 5.74) is 6.21. The number of carbonyl (C=O) groups excluding carboxylic acids is 1. The lowest BCUT2D eigenvalue weighted by atomic mass is 10.2. The van der Waals surface area contributed by atoms with Crippen LogP contribution in [0.1, 0.15) is 35.6 Å². The van der Waals surface area contributed by atoms with Gasteiger partial charge in [-0.25, -0.2) is 0 Å². The van der Waals surface area contributed by atoms with Gasteiger partial charge >= 0.3 is 0 Å². The maximum Gasteiger partial charge on any atom is 0.265 e. The smallest absolute Gasteiger partial charge is 0.265 e. The Morgan fingerprint density at radius 3 is 3.00 bits per heavy atom. The molecule has 6 heteroatoms. The Bertz CT molecular complexity index is 326. The number of nitrogens with zero attached hydrogens (tertiary/aromatic N) is 2. The van der Waals surface area contributed by atoms with E-state index in [1.165, 1.54) is 0 Å². The van der Waals surface area contributed by atoms with Crippen LogP contribution in [0.15, 0.2) is 0 Å². The molecule has 0 bridgehead atoms. The number of amides is 1. The van der Waals surface area contributed by atoms with Crippen molar-refractivity contribution in [3.63, 3.8) is 0 Å². The molecule has 1 unspecified atom stereocenters. The van der Waals surface area contributed by atoms with Gasteiger partial charge in [-0.3, -0.25) is 4.79 Å². The predicted octanol–water partition coefficient (Wildman–Crippen LogP) is 0.568. The van der Waals surface area contributed by atoms with E-state index in [2.05, 4.69) is 14.9 Å². The van der Waals surface area contributed by atoms with Crippen LogP contribution in [0.3, 0.4) is 0 Å². The van der Waals surface area contributed by atoms with Crippen molar-refractivity contribution in [1.82, 2.24) is 14.9 Å². The summed E-state index contributed by atoms with van der Waals surface area (Å²) in [5.74, 6) is -0.119. The summed E-state index contributed by atoms with van der Waals surface area (Å²) < 4.78 is 3.79. The summed E-state index contributed by atoms with van der Waals surface area (Å²) in [7, 11) is 0. The van der Waals surface area contributed by atoms with Crippen molar-refractivity contribution < 1.29 is 4.79 Å². The molecule has 0 spiro atoms. The largest absolute Gasteiger partial charge is 0.348 e. The first-order chi connectivity index (χ1) is 7.19. The summed E-state index contributed by atoms with van der Waals surface area (Å²) in [6.07, 6.45) is 1.74. The van der Waals surface area contributed by atoms with Gasteiger partial charge in [0.25, 0.3) is 5.91 Å². The zero-order valence-electron chi connectivity index (χ0n) is 8.99. The van der Waals surface area contributed by atoms with Crippen LogP contribution in [0.25, 0.3) is 0 Å². The summed E-state index contributed by atoms with van der Waals surface area (Å²) in [6, 6.07) is -0.0194. The Balaban J connectivity index is 2.68. The number of rotatable bonds is 5. The Labute approximate surface area is 93.2 Å². The normalized spacial score (nSPS) is 12.5. The first kappa shape index (κ1) is 12.1. The minimum atomic E-state index is -0.119. The molecular weight excluding hydrogens is 212 g/mol. The van der Waals surface area contributed by atoms with Crippen LogP contribution < -0.4 is 11.1 Å². The zero-order valence-corrected chi connectivity index (χ0v) is 9.80. The number of nitrogens with two attached hydrogens (primary N) is 1. The lowest BCUT2D eigenvalue weighted by Crippen LogP contribution is -2.37. The minimum Gasteiger partial charge on any atom is -0.348 e. The number of nitrogens with one attached hydrogen (secondary N) is 1. The first-order valence-electron chi connectivity index (χ1n) is 5.01. The molecule has 0 aliphatic heterocycles. The second kappa shape index (κ2) is 5.77.